The van der Waals surface area contributed by atoms with E-state index in [1.54, 1.807) is 0 Å². The van der Waals surface area contributed by atoms with E-state index in [2.05, 4.69) is 68.1 Å². The Morgan fingerprint density at radius 1 is 1.05 bits per heavy atom. The maximum atomic E-state index is 6.05. The molecule has 2 N–H and O–H groups in total. The summed E-state index contributed by atoms with van der Waals surface area (Å²) >= 11 is 0. The Kier molecular flexibility index (Phi) is 7.82. The predicted octanol–water partition coefficient (Wildman–Crippen LogP) is 2.08. The molecule has 0 heterocycles. The molecule has 20 heavy (non-hydrogen) atoms. The van der Waals surface area contributed by atoms with E-state index in [9.17, 15) is 0 Å². The molecular weight excluding hydrogens is 246 g/mol. The van der Waals surface area contributed by atoms with Gasteiger partial charge in [-0.1, -0.05) is 44.2 Å². The van der Waals surface area contributed by atoms with Gasteiger partial charge in [0.15, 0.2) is 0 Å². The third-order valence-electron chi connectivity index (χ3n) is 3.54. The van der Waals surface area contributed by atoms with E-state index < -0.39 is 0 Å². The summed E-state index contributed by atoms with van der Waals surface area (Å²) in [4.78, 5) is 4.79. The normalized spacial score (nSPS) is 13.4. The Morgan fingerprint density at radius 2 is 1.70 bits per heavy atom. The van der Waals surface area contributed by atoms with Crippen molar-refractivity contribution in [3.05, 3.63) is 35.9 Å². The van der Waals surface area contributed by atoms with Crippen LogP contribution in [0.3, 0.4) is 0 Å². The van der Waals surface area contributed by atoms with Gasteiger partial charge in [-0.05, 0) is 32.0 Å². The fourth-order valence-corrected chi connectivity index (χ4v) is 2.47. The molecule has 3 heteroatoms. The zero-order chi connectivity index (χ0) is 15.0. The zero-order valence-electron chi connectivity index (χ0n) is 13.5. The molecule has 1 rings (SSSR count). The first kappa shape index (κ1) is 17.2. The van der Waals surface area contributed by atoms with E-state index in [4.69, 9.17) is 5.73 Å². The lowest BCUT2D eigenvalue weighted by atomic mass is 10.0. The molecule has 0 saturated carbocycles. The maximum Gasteiger partial charge on any atom is 0.0259 e. The van der Waals surface area contributed by atoms with Gasteiger partial charge in [0.1, 0.15) is 0 Å². The second kappa shape index (κ2) is 9.11. The Balaban J connectivity index is 2.68. The number of hydrogen-bond acceptors (Lipinski definition) is 3. The Bertz CT molecular complexity index is 349. The van der Waals surface area contributed by atoms with Crippen LogP contribution in [-0.4, -0.2) is 56.1 Å². The molecule has 0 aliphatic heterocycles. The van der Waals surface area contributed by atoms with Crippen LogP contribution in [0.1, 0.15) is 19.4 Å². The van der Waals surface area contributed by atoms with Crippen molar-refractivity contribution in [1.29, 1.82) is 0 Å². The van der Waals surface area contributed by atoms with Crippen molar-refractivity contribution < 1.29 is 0 Å². The van der Waals surface area contributed by atoms with Gasteiger partial charge in [-0.15, -0.1) is 0 Å². The number of rotatable bonds is 9. The van der Waals surface area contributed by atoms with Crippen LogP contribution in [0, 0.1) is 5.92 Å². The molecule has 114 valence electrons. The van der Waals surface area contributed by atoms with Crippen LogP contribution in [-0.2, 0) is 6.42 Å². The van der Waals surface area contributed by atoms with Gasteiger partial charge in [0, 0.05) is 32.2 Å². The number of nitrogens with two attached hydrogens (primary N) is 1. The largest absolute Gasteiger partial charge is 0.329 e. The second-order valence-electron chi connectivity index (χ2n) is 6.27. The highest BCUT2D eigenvalue weighted by atomic mass is 15.2. The summed E-state index contributed by atoms with van der Waals surface area (Å²) in [6.07, 6.45) is 1.04. The van der Waals surface area contributed by atoms with Gasteiger partial charge in [-0.2, -0.15) is 0 Å². The standard InChI is InChI=1S/C17H31N3/c1-15(2)14-20(11-10-19(3)4)17(13-18)12-16-8-6-5-7-9-16/h5-9,15,17H,10-14,18H2,1-4H3. The summed E-state index contributed by atoms with van der Waals surface area (Å²) < 4.78 is 0. The molecule has 0 aliphatic rings. The summed E-state index contributed by atoms with van der Waals surface area (Å²) in [7, 11) is 4.25. The van der Waals surface area contributed by atoms with E-state index in [1.165, 1.54) is 5.56 Å². The highest BCUT2D eigenvalue weighted by molar-refractivity contribution is 5.16. The first-order valence-corrected chi connectivity index (χ1v) is 7.65. The van der Waals surface area contributed by atoms with Crippen LogP contribution in [0.2, 0.25) is 0 Å². The maximum absolute atomic E-state index is 6.05. The molecule has 0 spiro atoms. The summed E-state index contributed by atoms with van der Waals surface area (Å²) in [5.41, 5.74) is 7.42. The molecule has 0 amide bonds. The Morgan fingerprint density at radius 3 is 2.20 bits per heavy atom. The molecular formula is C17H31N3. The minimum atomic E-state index is 0.430. The summed E-state index contributed by atoms with van der Waals surface area (Å²) in [5.74, 6) is 0.669. The van der Waals surface area contributed by atoms with Crippen LogP contribution >= 0.6 is 0 Å². The molecule has 3 nitrogen and oxygen atoms in total. The van der Waals surface area contributed by atoms with E-state index in [0.717, 1.165) is 32.6 Å². The number of nitrogens with zero attached hydrogens (tertiary/aromatic N) is 2. The van der Waals surface area contributed by atoms with Gasteiger partial charge in [-0.3, -0.25) is 4.90 Å². The first-order chi connectivity index (χ1) is 9.52. The van der Waals surface area contributed by atoms with Gasteiger partial charge < -0.3 is 10.6 Å². The third kappa shape index (κ3) is 6.51. The van der Waals surface area contributed by atoms with Gasteiger partial charge >= 0.3 is 0 Å². The first-order valence-electron chi connectivity index (χ1n) is 7.65. The Hall–Kier alpha value is -0.900. The highest BCUT2D eigenvalue weighted by Gasteiger charge is 2.18. The predicted molar refractivity (Wildman–Crippen MR) is 88.0 cm³/mol. The molecule has 0 bridgehead atoms. The average molecular weight is 277 g/mol. The van der Waals surface area contributed by atoms with Crippen LogP contribution < -0.4 is 5.73 Å². The zero-order valence-corrected chi connectivity index (χ0v) is 13.5. The van der Waals surface area contributed by atoms with Crippen molar-refractivity contribution in [2.75, 3.05) is 40.3 Å². The average Bonchev–Trinajstić information content (AvgIpc) is 2.41. The van der Waals surface area contributed by atoms with Crippen molar-refractivity contribution in [3.8, 4) is 0 Å². The lowest BCUT2D eigenvalue weighted by Crippen LogP contribution is -2.46. The topological polar surface area (TPSA) is 32.5 Å². The molecule has 1 aromatic carbocycles. The monoisotopic (exact) mass is 277 g/mol. The van der Waals surface area contributed by atoms with Crippen LogP contribution in [0.5, 0.6) is 0 Å². The number of hydrogen-bond donors (Lipinski definition) is 1. The van der Waals surface area contributed by atoms with Gasteiger partial charge in [0.05, 0.1) is 0 Å². The van der Waals surface area contributed by atoms with Crippen molar-refractivity contribution in [3.63, 3.8) is 0 Å². The van der Waals surface area contributed by atoms with Crippen molar-refractivity contribution >= 4 is 0 Å². The fourth-order valence-electron chi connectivity index (χ4n) is 2.47. The molecule has 1 unspecified atom stereocenters. The SMILES string of the molecule is CC(C)CN(CCN(C)C)C(CN)Cc1ccccc1. The minimum absolute atomic E-state index is 0.430. The van der Waals surface area contributed by atoms with Crippen LogP contribution in [0.25, 0.3) is 0 Å². The van der Waals surface area contributed by atoms with Gasteiger partial charge in [-0.25, -0.2) is 0 Å². The smallest absolute Gasteiger partial charge is 0.0259 e. The summed E-state index contributed by atoms with van der Waals surface area (Å²) in [6.45, 7) is 8.55. The summed E-state index contributed by atoms with van der Waals surface area (Å²) in [6, 6.07) is 11.1. The molecule has 0 radical (unpaired) electrons. The van der Waals surface area contributed by atoms with Crippen molar-refractivity contribution in [2.24, 2.45) is 11.7 Å². The number of likely N-dealkylation sites (N-methyl/N-ethyl adjacent to an activating group) is 1. The van der Waals surface area contributed by atoms with Gasteiger partial charge in [0.2, 0.25) is 0 Å². The van der Waals surface area contributed by atoms with Crippen molar-refractivity contribution in [2.45, 2.75) is 26.3 Å². The van der Waals surface area contributed by atoms with Gasteiger partial charge in [0.25, 0.3) is 0 Å². The quantitative estimate of drug-likeness (QED) is 0.750. The molecule has 0 fully saturated rings. The summed E-state index contributed by atoms with van der Waals surface area (Å²) in [5, 5.41) is 0. The second-order valence-corrected chi connectivity index (χ2v) is 6.27. The fraction of sp³-hybridized carbons (Fsp3) is 0.647. The van der Waals surface area contributed by atoms with Crippen LogP contribution in [0.4, 0.5) is 0 Å². The Labute approximate surface area is 124 Å². The van der Waals surface area contributed by atoms with Crippen molar-refractivity contribution in [1.82, 2.24) is 9.80 Å². The van der Waals surface area contributed by atoms with E-state index in [1.807, 2.05) is 0 Å². The third-order valence-corrected chi connectivity index (χ3v) is 3.54. The van der Waals surface area contributed by atoms with E-state index in [0.29, 0.717) is 12.0 Å². The molecule has 0 aliphatic carbocycles. The highest BCUT2D eigenvalue weighted by Crippen LogP contribution is 2.11. The van der Waals surface area contributed by atoms with Crippen LogP contribution in [0.15, 0.2) is 30.3 Å². The van der Waals surface area contributed by atoms with E-state index in [-0.39, 0.29) is 0 Å². The molecule has 1 aromatic rings. The minimum Gasteiger partial charge on any atom is -0.329 e. The molecule has 0 aromatic heterocycles. The molecule has 0 saturated heterocycles. The lowest BCUT2D eigenvalue weighted by Gasteiger charge is -2.33. The lowest BCUT2D eigenvalue weighted by molar-refractivity contribution is 0.162. The molecule has 1 atom stereocenters. The van der Waals surface area contributed by atoms with E-state index >= 15 is 0 Å². The number of benzene rings is 1.